The van der Waals surface area contributed by atoms with Crippen molar-refractivity contribution >= 4 is 41.0 Å². The van der Waals surface area contributed by atoms with Gasteiger partial charge in [-0.05, 0) is 42.0 Å². The van der Waals surface area contributed by atoms with Crippen molar-refractivity contribution in [2.45, 2.75) is 12.2 Å². The molecule has 0 saturated carbocycles. The highest BCUT2D eigenvalue weighted by Gasteiger charge is 2.36. The molecule has 2 saturated heterocycles. The lowest BCUT2D eigenvalue weighted by Gasteiger charge is -2.33. The summed E-state index contributed by atoms with van der Waals surface area (Å²) in [4.78, 5) is 0. The summed E-state index contributed by atoms with van der Waals surface area (Å²) in [6, 6.07) is 50.1. The average Bonchev–Trinajstić information content (AvgIpc) is 4.06. The lowest BCUT2D eigenvalue weighted by Crippen LogP contribution is -2.39. The van der Waals surface area contributed by atoms with E-state index in [0.29, 0.717) is 11.0 Å². The van der Waals surface area contributed by atoms with Gasteiger partial charge in [0.15, 0.2) is 0 Å². The van der Waals surface area contributed by atoms with E-state index in [0.717, 1.165) is 53.8 Å². The molecule has 2 aliphatic heterocycles. The van der Waals surface area contributed by atoms with E-state index in [-0.39, 0.29) is 12.2 Å². The first-order chi connectivity index (χ1) is 22.3. The van der Waals surface area contributed by atoms with Gasteiger partial charge in [0.05, 0.1) is 43.9 Å². The Bertz CT molecular complexity index is 1670. The predicted octanol–water partition coefficient (Wildman–Crippen LogP) is 7.75. The number of anilines is 2. The molecule has 0 amide bonds. The zero-order valence-electron chi connectivity index (χ0n) is 25.0. The van der Waals surface area contributed by atoms with E-state index in [2.05, 4.69) is 97.1 Å². The maximum absolute atomic E-state index is 5.61. The molecule has 5 aromatic rings. The van der Waals surface area contributed by atoms with Crippen LogP contribution in [0.3, 0.4) is 0 Å². The van der Waals surface area contributed by atoms with Crippen LogP contribution < -0.4 is 14.5 Å². The first kappa shape index (κ1) is 28.7. The van der Waals surface area contributed by atoms with Crippen LogP contribution in [-0.4, -0.2) is 51.1 Å². The number of nitrogens with zero attached hydrogens (tertiary/aromatic N) is 5. The highest BCUT2D eigenvalue weighted by molar-refractivity contribution is 5.93. The minimum absolute atomic E-state index is 0.179. The van der Waals surface area contributed by atoms with Gasteiger partial charge in [-0.2, -0.15) is 9.58 Å². The van der Waals surface area contributed by atoms with Crippen LogP contribution in [0.5, 0.6) is 0 Å². The normalized spacial score (nSPS) is 17.4. The maximum Gasteiger partial charge on any atom is 0.223 e. The number of quaternary nitrogens is 1. The van der Waals surface area contributed by atoms with Gasteiger partial charge in [-0.15, -0.1) is 5.10 Å². The Labute approximate surface area is 264 Å². The van der Waals surface area contributed by atoms with Crippen LogP contribution in [0, 0.1) is 0 Å². The molecular formula is C38H36N5O2+. The van der Waals surface area contributed by atoms with Crippen LogP contribution in [0.4, 0.5) is 28.4 Å². The van der Waals surface area contributed by atoms with Gasteiger partial charge in [-0.25, -0.2) is 0 Å². The third-order valence-electron chi connectivity index (χ3n) is 8.00. The van der Waals surface area contributed by atoms with Crippen LogP contribution in [0.1, 0.15) is 5.56 Å². The molecule has 0 bridgehead atoms. The molecule has 0 aliphatic carbocycles. The molecule has 2 fully saturated rings. The second kappa shape index (κ2) is 13.3. The van der Waals surface area contributed by atoms with E-state index in [1.165, 1.54) is 0 Å². The van der Waals surface area contributed by atoms with Crippen molar-refractivity contribution in [3.63, 3.8) is 0 Å². The number of hydrogen-bond donors (Lipinski definition) is 0. The van der Waals surface area contributed by atoms with Gasteiger partial charge in [0.25, 0.3) is 0 Å². The van der Waals surface area contributed by atoms with Crippen molar-refractivity contribution in [3.05, 3.63) is 151 Å². The highest BCUT2D eigenvalue weighted by atomic mass is 16.6. The van der Waals surface area contributed by atoms with Gasteiger partial charge in [0.1, 0.15) is 29.3 Å². The topological polar surface area (TPSA) is 56.3 Å². The van der Waals surface area contributed by atoms with E-state index in [4.69, 9.17) is 19.7 Å². The van der Waals surface area contributed by atoms with Gasteiger partial charge in [0, 0.05) is 36.4 Å². The van der Waals surface area contributed by atoms with E-state index in [1.54, 1.807) is 0 Å². The van der Waals surface area contributed by atoms with Crippen LogP contribution in [-0.2, 0) is 9.47 Å². The standard InChI is InChI=1S/C38H36N5O2/c1-5-13-32(14-6-1)41(26-37-28-44-37)39-25-31-21-23-36(24-22-31)43(34-17-9-3-10-18-34,35-19-11-4-12-20-35)30-40-42(27-38-29-45-38)33-15-7-2-8-16-33/h1-25,30,37-38H,26-29H2/q+1. The van der Waals surface area contributed by atoms with E-state index < -0.39 is 0 Å². The van der Waals surface area contributed by atoms with Gasteiger partial charge < -0.3 is 9.47 Å². The zero-order chi connectivity index (χ0) is 30.3. The van der Waals surface area contributed by atoms with Crippen molar-refractivity contribution in [1.82, 2.24) is 4.48 Å². The van der Waals surface area contributed by atoms with Gasteiger partial charge >= 0.3 is 0 Å². The first-order valence-corrected chi connectivity index (χ1v) is 15.4. The second-order valence-corrected chi connectivity index (χ2v) is 11.2. The third-order valence-corrected chi connectivity index (χ3v) is 8.00. The van der Waals surface area contributed by atoms with Crippen molar-refractivity contribution in [2.75, 3.05) is 36.3 Å². The number of rotatable bonds is 13. The Morgan fingerprint density at radius 1 is 0.533 bits per heavy atom. The Kier molecular flexibility index (Phi) is 8.46. The smallest absolute Gasteiger partial charge is 0.223 e. The van der Waals surface area contributed by atoms with Crippen molar-refractivity contribution in [3.8, 4) is 0 Å². The summed E-state index contributed by atoms with van der Waals surface area (Å²) < 4.78 is 11.4. The molecule has 2 unspecified atom stereocenters. The van der Waals surface area contributed by atoms with Crippen LogP contribution in [0.2, 0.25) is 0 Å². The third kappa shape index (κ3) is 6.86. The van der Waals surface area contributed by atoms with Crippen molar-refractivity contribution in [1.29, 1.82) is 0 Å². The lowest BCUT2D eigenvalue weighted by atomic mass is 10.1. The molecule has 224 valence electrons. The number of para-hydroxylation sites is 4. The lowest BCUT2D eigenvalue weighted by molar-refractivity contribution is 0.408. The van der Waals surface area contributed by atoms with Gasteiger partial charge in [0.2, 0.25) is 6.34 Å². The molecule has 0 aromatic heterocycles. The van der Waals surface area contributed by atoms with Crippen LogP contribution in [0.15, 0.2) is 156 Å². The van der Waals surface area contributed by atoms with E-state index in [9.17, 15) is 0 Å². The average molecular weight is 595 g/mol. The molecular weight excluding hydrogens is 558 g/mol. The maximum atomic E-state index is 5.61. The first-order valence-electron chi connectivity index (χ1n) is 15.4. The fourth-order valence-electron chi connectivity index (χ4n) is 5.42. The number of ether oxygens (including phenoxy) is 2. The molecule has 0 N–H and O–H groups in total. The summed E-state index contributed by atoms with van der Waals surface area (Å²) in [7, 11) is 0. The second-order valence-electron chi connectivity index (χ2n) is 11.2. The molecule has 5 aromatic carbocycles. The highest BCUT2D eigenvalue weighted by Crippen LogP contribution is 2.42. The van der Waals surface area contributed by atoms with Crippen LogP contribution >= 0.6 is 0 Å². The number of epoxide rings is 2. The van der Waals surface area contributed by atoms with E-state index in [1.807, 2.05) is 71.1 Å². The predicted molar refractivity (Wildman–Crippen MR) is 184 cm³/mol. The van der Waals surface area contributed by atoms with Crippen molar-refractivity contribution < 1.29 is 9.47 Å². The van der Waals surface area contributed by atoms with Crippen LogP contribution in [0.25, 0.3) is 0 Å². The summed E-state index contributed by atoms with van der Waals surface area (Å²) in [5.74, 6) is 0. The molecule has 7 nitrogen and oxygen atoms in total. The summed E-state index contributed by atoms with van der Waals surface area (Å²) in [5, 5.41) is 14.1. The minimum atomic E-state index is 0.179. The summed E-state index contributed by atoms with van der Waals surface area (Å²) >= 11 is 0. The molecule has 45 heavy (non-hydrogen) atoms. The Balaban J connectivity index is 1.27. The molecule has 0 radical (unpaired) electrons. The SMILES string of the molecule is C(=NN(CC1CO1)c1ccccc1)c1ccc([N+](C=NN(CC2CO2)c2ccccc2)(c2ccccc2)c2ccccc2)cc1. The molecule has 2 heterocycles. The number of hydrazone groups is 2. The fourth-order valence-corrected chi connectivity index (χ4v) is 5.42. The quantitative estimate of drug-likeness (QED) is 0.0460. The van der Waals surface area contributed by atoms with Crippen molar-refractivity contribution in [2.24, 2.45) is 10.2 Å². The number of hydrogen-bond acceptors (Lipinski definition) is 6. The Morgan fingerprint density at radius 2 is 0.933 bits per heavy atom. The summed E-state index contributed by atoms with van der Waals surface area (Å²) in [6.07, 6.45) is 4.36. The molecule has 2 aliphatic rings. The summed E-state index contributed by atoms with van der Waals surface area (Å²) in [5.41, 5.74) is 6.27. The zero-order valence-corrected chi connectivity index (χ0v) is 25.0. The molecule has 2 atom stereocenters. The monoisotopic (exact) mass is 594 g/mol. The largest absolute Gasteiger partial charge is 0.371 e. The van der Waals surface area contributed by atoms with E-state index >= 15 is 0 Å². The summed E-state index contributed by atoms with van der Waals surface area (Å²) in [6.45, 7) is 2.95. The molecule has 0 spiro atoms. The van der Waals surface area contributed by atoms with Gasteiger partial charge in [-0.1, -0.05) is 72.8 Å². The Morgan fingerprint density at radius 3 is 1.38 bits per heavy atom. The fraction of sp³-hybridized carbons (Fsp3) is 0.158. The minimum Gasteiger partial charge on any atom is -0.371 e. The molecule has 7 heteroatoms. The van der Waals surface area contributed by atoms with Gasteiger partial charge in [-0.3, -0.25) is 10.0 Å². The Hall–Kier alpha value is -5.08. The molecule has 7 rings (SSSR count). The number of benzene rings is 5.